The molecular weight excluding hydrogens is 346 g/mol. The Kier molecular flexibility index (Phi) is 6.15. The molecule has 0 radical (unpaired) electrons. The molecule has 144 valence electrons. The molecule has 0 atom stereocenters. The number of unbranched alkanes of at least 4 members (excludes halogenated alkanes) is 1. The summed E-state index contributed by atoms with van der Waals surface area (Å²) in [6, 6.07) is 2.77. The van der Waals surface area contributed by atoms with Crippen molar-refractivity contribution in [3.63, 3.8) is 0 Å². The van der Waals surface area contributed by atoms with Gasteiger partial charge >= 0.3 is 0 Å². The van der Waals surface area contributed by atoms with E-state index >= 15 is 0 Å². The summed E-state index contributed by atoms with van der Waals surface area (Å²) < 4.78 is 1.42. The van der Waals surface area contributed by atoms with E-state index in [9.17, 15) is 19.7 Å². The molecule has 0 aliphatic heterocycles. The summed E-state index contributed by atoms with van der Waals surface area (Å²) in [7, 11) is 0. The highest BCUT2D eigenvalue weighted by atomic mass is 16.6. The van der Waals surface area contributed by atoms with Crippen molar-refractivity contribution in [3.8, 4) is 0 Å². The summed E-state index contributed by atoms with van der Waals surface area (Å²) in [6.45, 7) is 9.76. The molecule has 2 aromatic rings. The molecule has 1 N–H and O–H groups in total. The smallest absolute Gasteiger partial charge is 0.277 e. The van der Waals surface area contributed by atoms with Gasteiger partial charge in [0.1, 0.15) is 5.56 Å². The lowest BCUT2D eigenvalue weighted by molar-refractivity contribution is -0.385. The fourth-order valence-electron chi connectivity index (χ4n) is 3.02. The van der Waals surface area contributed by atoms with Crippen LogP contribution in [0.2, 0.25) is 0 Å². The second-order valence-corrected chi connectivity index (χ2v) is 6.84. The van der Waals surface area contributed by atoms with Gasteiger partial charge in [-0.05, 0) is 51.3 Å². The summed E-state index contributed by atoms with van der Waals surface area (Å²) in [5.41, 5.74) is 2.56. The molecule has 0 aliphatic carbocycles. The van der Waals surface area contributed by atoms with Crippen molar-refractivity contribution in [2.45, 2.75) is 54.0 Å². The summed E-state index contributed by atoms with van der Waals surface area (Å²) in [4.78, 5) is 36.5. The lowest BCUT2D eigenvalue weighted by atomic mass is 9.90. The summed E-state index contributed by atoms with van der Waals surface area (Å²) >= 11 is 0. The molecule has 0 spiro atoms. The maximum Gasteiger partial charge on any atom is 0.277 e. The van der Waals surface area contributed by atoms with E-state index in [1.165, 1.54) is 23.0 Å². The molecule has 27 heavy (non-hydrogen) atoms. The lowest BCUT2D eigenvalue weighted by Crippen LogP contribution is -2.22. The first-order chi connectivity index (χ1) is 12.7. The molecule has 7 heteroatoms. The number of nitro groups is 1. The number of aryl methyl sites for hydroxylation is 1. The van der Waals surface area contributed by atoms with Crippen LogP contribution in [0, 0.1) is 17.0 Å². The van der Waals surface area contributed by atoms with Crippen molar-refractivity contribution in [2.75, 3.05) is 0 Å². The standard InChI is InChI=1S/C20H25N3O4/c1-6-7-10-22-20(25)16(11-21-22)19(24)15-8-9-17(23(26)27)18(14(15)5)13(4)12(2)3/h8-9,11,21H,6-7,10H2,1-5H3. The van der Waals surface area contributed by atoms with Crippen molar-refractivity contribution >= 4 is 17.0 Å². The second kappa shape index (κ2) is 8.16. The molecule has 0 amide bonds. The zero-order chi connectivity index (χ0) is 20.3. The molecule has 0 saturated heterocycles. The topological polar surface area (TPSA) is 98.0 Å². The summed E-state index contributed by atoms with van der Waals surface area (Å²) in [5, 5.41) is 14.3. The van der Waals surface area contributed by atoms with Crippen LogP contribution in [0.15, 0.2) is 28.7 Å². The number of nitrogens with zero attached hydrogens (tertiary/aromatic N) is 2. The third-order valence-corrected chi connectivity index (χ3v) is 4.83. The molecule has 0 unspecified atom stereocenters. The molecule has 1 aromatic carbocycles. The van der Waals surface area contributed by atoms with E-state index in [0.29, 0.717) is 23.2 Å². The van der Waals surface area contributed by atoms with Crippen LogP contribution >= 0.6 is 0 Å². The van der Waals surface area contributed by atoms with Gasteiger partial charge in [0, 0.05) is 24.4 Å². The number of nitro benzene ring substituents is 1. The zero-order valence-electron chi connectivity index (χ0n) is 16.4. The maximum atomic E-state index is 13.0. The molecule has 1 aromatic heterocycles. The van der Waals surface area contributed by atoms with E-state index in [4.69, 9.17) is 0 Å². The van der Waals surface area contributed by atoms with Crippen LogP contribution < -0.4 is 5.56 Å². The molecule has 1 heterocycles. The van der Waals surface area contributed by atoms with Gasteiger partial charge in [0.05, 0.1) is 10.5 Å². The average Bonchev–Trinajstić information content (AvgIpc) is 2.98. The number of carbonyl (C=O) groups is 1. The molecule has 0 saturated carbocycles. The lowest BCUT2D eigenvalue weighted by Gasteiger charge is -2.12. The number of nitrogens with one attached hydrogen (secondary N) is 1. The minimum absolute atomic E-state index is 0.0443. The molecular formula is C20H25N3O4. The number of allylic oxidation sites excluding steroid dienone is 2. The van der Waals surface area contributed by atoms with Gasteiger partial charge in [-0.2, -0.15) is 0 Å². The van der Waals surface area contributed by atoms with Gasteiger partial charge in [-0.3, -0.25) is 24.4 Å². The van der Waals surface area contributed by atoms with E-state index in [0.717, 1.165) is 24.0 Å². The van der Waals surface area contributed by atoms with Crippen LogP contribution in [0.5, 0.6) is 0 Å². The van der Waals surface area contributed by atoms with E-state index in [1.807, 2.05) is 20.8 Å². The Labute approximate surface area is 157 Å². The second-order valence-electron chi connectivity index (χ2n) is 6.84. The third kappa shape index (κ3) is 3.92. The van der Waals surface area contributed by atoms with Crippen molar-refractivity contribution < 1.29 is 9.72 Å². The predicted octanol–water partition coefficient (Wildman–Crippen LogP) is 4.24. The van der Waals surface area contributed by atoms with Gasteiger partial charge in [0.2, 0.25) is 0 Å². The summed E-state index contributed by atoms with van der Waals surface area (Å²) in [6.07, 6.45) is 3.17. The molecule has 2 rings (SSSR count). The minimum atomic E-state index is -0.447. The third-order valence-electron chi connectivity index (χ3n) is 4.83. The highest BCUT2D eigenvalue weighted by molar-refractivity contribution is 6.10. The van der Waals surface area contributed by atoms with E-state index < -0.39 is 10.7 Å². The number of hydrogen-bond acceptors (Lipinski definition) is 4. The highest BCUT2D eigenvalue weighted by Gasteiger charge is 2.25. The minimum Gasteiger partial charge on any atom is -0.302 e. The van der Waals surface area contributed by atoms with E-state index in [1.54, 1.807) is 13.8 Å². The maximum absolute atomic E-state index is 13.0. The van der Waals surface area contributed by atoms with Crippen molar-refractivity contribution in [2.24, 2.45) is 0 Å². The van der Waals surface area contributed by atoms with Crippen LogP contribution in [-0.2, 0) is 6.54 Å². The van der Waals surface area contributed by atoms with Gasteiger partial charge < -0.3 is 5.10 Å². The number of aromatic nitrogens is 2. The van der Waals surface area contributed by atoms with Crippen LogP contribution in [0.1, 0.15) is 67.6 Å². The average molecular weight is 371 g/mol. The normalized spacial score (nSPS) is 10.7. The fourth-order valence-corrected chi connectivity index (χ4v) is 3.02. The Morgan fingerprint density at radius 1 is 1.22 bits per heavy atom. The molecule has 0 aliphatic rings. The van der Waals surface area contributed by atoms with Crippen molar-refractivity contribution in [1.82, 2.24) is 9.78 Å². The van der Waals surface area contributed by atoms with Crippen LogP contribution in [0.25, 0.3) is 5.57 Å². The Bertz CT molecular complexity index is 976. The van der Waals surface area contributed by atoms with Crippen LogP contribution in [0.3, 0.4) is 0 Å². The van der Waals surface area contributed by atoms with Gasteiger partial charge in [0.15, 0.2) is 5.78 Å². The monoisotopic (exact) mass is 371 g/mol. The largest absolute Gasteiger partial charge is 0.302 e. The summed E-state index contributed by atoms with van der Waals surface area (Å²) in [5.74, 6) is -0.429. The zero-order valence-corrected chi connectivity index (χ0v) is 16.4. The predicted molar refractivity (Wildman–Crippen MR) is 105 cm³/mol. The number of ketones is 1. The first-order valence-electron chi connectivity index (χ1n) is 8.96. The van der Waals surface area contributed by atoms with Crippen LogP contribution in [0.4, 0.5) is 5.69 Å². The molecule has 0 bridgehead atoms. The molecule has 7 nitrogen and oxygen atoms in total. The quantitative estimate of drug-likeness (QED) is 0.447. The Balaban J connectivity index is 2.60. The number of hydrogen-bond donors (Lipinski definition) is 1. The molecule has 0 fully saturated rings. The first kappa shape index (κ1) is 20.4. The highest BCUT2D eigenvalue weighted by Crippen LogP contribution is 2.33. The first-order valence-corrected chi connectivity index (χ1v) is 8.96. The van der Waals surface area contributed by atoms with Gasteiger partial charge in [-0.25, -0.2) is 0 Å². The Morgan fingerprint density at radius 2 is 1.89 bits per heavy atom. The van der Waals surface area contributed by atoms with Crippen molar-refractivity contribution in [1.29, 1.82) is 0 Å². The van der Waals surface area contributed by atoms with E-state index in [2.05, 4.69) is 5.10 Å². The van der Waals surface area contributed by atoms with Gasteiger partial charge in [-0.1, -0.05) is 18.9 Å². The van der Waals surface area contributed by atoms with Crippen LogP contribution in [-0.4, -0.2) is 20.5 Å². The van der Waals surface area contributed by atoms with Gasteiger partial charge in [0.25, 0.3) is 11.2 Å². The van der Waals surface area contributed by atoms with E-state index in [-0.39, 0.29) is 16.8 Å². The number of rotatable bonds is 7. The number of aromatic amines is 1. The van der Waals surface area contributed by atoms with Gasteiger partial charge in [-0.15, -0.1) is 0 Å². The van der Waals surface area contributed by atoms with Crippen molar-refractivity contribution in [3.05, 3.63) is 66.6 Å². The Hall–Kier alpha value is -2.96. The SMILES string of the molecule is CCCCn1[nH]cc(C(=O)c2ccc([N+](=O)[O-])c(C(C)=C(C)C)c2C)c1=O. The number of benzene rings is 1. The number of carbonyl (C=O) groups excluding carboxylic acids is 1. The fraction of sp³-hybridized carbons (Fsp3) is 0.400. The number of H-pyrrole nitrogens is 1. The Morgan fingerprint density at radius 3 is 2.44 bits per heavy atom.